The number of hydrogen-bond donors (Lipinski definition) is 2. The predicted molar refractivity (Wildman–Crippen MR) is 114 cm³/mol. The highest BCUT2D eigenvalue weighted by Gasteiger charge is 2.24. The number of piperidine rings is 1. The summed E-state index contributed by atoms with van der Waals surface area (Å²) in [6.45, 7) is 1.45. The number of nitrogens with zero attached hydrogens (tertiary/aromatic N) is 1. The second-order valence-corrected chi connectivity index (χ2v) is 7.63. The Bertz CT molecular complexity index is 934. The quantitative estimate of drug-likeness (QED) is 0.666. The number of benzene rings is 2. The number of likely N-dealkylation sites (tertiary alicyclic amines) is 1. The van der Waals surface area contributed by atoms with Crippen LogP contribution in [0.3, 0.4) is 0 Å². The van der Waals surface area contributed by atoms with E-state index in [4.69, 9.17) is 16.3 Å². The standard InChI is InChI=1S/C22H23ClFN3O4/c23-18-12-16(6-7-19(18)24)26-22(30)21(29)25-13-15-8-10-27(11-9-15)20(28)14-31-17-4-2-1-3-5-17/h1-7,12,15H,8-11,13-14H2,(H,25,29)(H,26,30). The summed E-state index contributed by atoms with van der Waals surface area (Å²) >= 11 is 5.66. The zero-order chi connectivity index (χ0) is 22.2. The predicted octanol–water partition coefficient (Wildman–Crippen LogP) is 2.85. The van der Waals surface area contributed by atoms with Crippen LogP contribution in [0.1, 0.15) is 12.8 Å². The summed E-state index contributed by atoms with van der Waals surface area (Å²) in [5.74, 6) is -1.52. The Labute approximate surface area is 184 Å². The number of anilines is 1. The zero-order valence-electron chi connectivity index (χ0n) is 16.8. The van der Waals surface area contributed by atoms with Crippen molar-refractivity contribution in [2.75, 3.05) is 31.6 Å². The minimum Gasteiger partial charge on any atom is -0.484 e. The Morgan fingerprint density at radius 3 is 2.45 bits per heavy atom. The average molecular weight is 448 g/mol. The Balaban J connectivity index is 1.36. The van der Waals surface area contributed by atoms with E-state index in [1.165, 1.54) is 12.1 Å². The van der Waals surface area contributed by atoms with Crippen molar-refractivity contribution in [1.29, 1.82) is 0 Å². The molecule has 31 heavy (non-hydrogen) atoms. The van der Waals surface area contributed by atoms with Gasteiger partial charge in [-0.2, -0.15) is 0 Å². The van der Waals surface area contributed by atoms with Gasteiger partial charge in [-0.25, -0.2) is 4.39 Å². The number of carbonyl (C=O) groups is 3. The summed E-state index contributed by atoms with van der Waals surface area (Å²) in [5.41, 5.74) is 0.232. The Kier molecular flexibility index (Phi) is 7.83. The Hall–Kier alpha value is -3.13. The third-order valence-electron chi connectivity index (χ3n) is 5.01. The van der Waals surface area contributed by atoms with Gasteiger partial charge in [-0.1, -0.05) is 29.8 Å². The first-order valence-corrected chi connectivity index (χ1v) is 10.3. The number of ether oxygens (including phenoxy) is 1. The van der Waals surface area contributed by atoms with Crippen LogP contribution in [0.4, 0.5) is 10.1 Å². The maximum atomic E-state index is 13.2. The molecule has 0 radical (unpaired) electrons. The number of rotatable bonds is 6. The summed E-state index contributed by atoms with van der Waals surface area (Å²) in [5, 5.41) is 4.84. The van der Waals surface area contributed by atoms with E-state index >= 15 is 0 Å². The van der Waals surface area contributed by atoms with E-state index < -0.39 is 17.6 Å². The molecule has 9 heteroatoms. The van der Waals surface area contributed by atoms with E-state index in [1.54, 1.807) is 17.0 Å². The first-order chi connectivity index (χ1) is 14.9. The molecule has 1 fully saturated rings. The lowest BCUT2D eigenvalue weighted by Crippen LogP contribution is -2.44. The van der Waals surface area contributed by atoms with Crippen LogP contribution in [-0.2, 0) is 14.4 Å². The van der Waals surface area contributed by atoms with Gasteiger partial charge in [0.2, 0.25) is 0 Å². The molecule has 2 aromatic carbocycles. The fraction of sp³-hybridized carbons (Fsp3) is 0.318. The van der Waals surface area contributed by atoms with Crippen LogP contribution in [0.15, 0.2) is 48.5 Å². The number of carbonyl (C=O) groups excluding carboxylic acids is 3. The molecule has 7 nitrogen and oxygen atoms in total. The Morgan fingerprint density at radius 2 is 1.77 bits per heavy atom. The van der Waals surface area contributed by atoms with Crippen LogP contribution >= 0.6 is 11.6 Å². The molecule has 3 rings (SSSR count). The maximum absolute atomic E-state index is 13.2. The van der Waals surface area contributed by atoms with Crippen molar-refractivity contribution >= 4 is 35.0 Å². The fourth-order valence-electron chi connectivity index (χ4n) is 3.22. The van der Waals surface area contributed by atoms with Crippen molar-refractivity contribution in [2.45, 2.75) is 12.8 Å². The number of amides is 3. The molecule has 164 valence electrons. The first-order valence-electron chi connectivity index (χ1n) is 9.92. The number of halogens is 2. The third-order valence-corrected chi connectivity index (χ3v) is 5.30. The summed E-state index contributed by atoms with van der Waals surface area (Å²) in [7, 11) is 0. The third kappa shape index (κ3) is 6.68. The van der Waals surface area contributed by atoms with Crippen molar-refractivity contribution in [3.63, 3.8) is 0 Å². The van der Waals surface area contributed by atoms with Gasteiger partial charge >= 0.3 is 11.8 Å². The van der Waals surface area contributed by atoms with Crippen molar-refractivity contribution in [2.24, 2.45) is 5.92 Å². The van der Waals surface area contributed by atoms with Gasteiger partial charge < -0.3 is 20.3 Å². The normalized spacial score (nSPS) is 14.1. The largest absolute Gasteiger partial charge is 0.484 e. The molecular weight excluding hydrogens is 425 g/mol. The second-order valence-electron chi connectivity index (χ2n) is 7.22. The van der Waals surface area contributed by atoms with Gasteiger partial charge in [-0.05, 0) is 49.1 Å². The highest BCUT2D eigenvalue weighted by Crippen LogP contribution is 2.19. The molecule has 2 aromatic rings. The lowest BCUT2D eigenvalue weighted by molar-refractivity contribution is -0.136. The molecule has 2 N–H and O–H groups in total. The van der Waals surface area contributed by atoms with E-state index in [0.29, 0.717) is 38.2 Å². The van der Waals surface area contributed by atoms with Crippen molar-refractivity contribution < 1.29 is 23.5 Å². The highest BCUT2D eigenvalue weighted by molar-refractivity contribution is 6.39. The van der Waals surface area contributed by atoms with Crippen LogP contribution in [0, 0.1) is 11.7 Å². The van der Waals surface area contributed by atoms with E-state index in [-0.39, 0.29) is 29.1 Å². The molecule has 1 heterocycles. The van der Waals surface area contributed by atoms with E-state index in [2.05, 4.69) is 10.6 Å². The fourth-order valence-corrected chi connectivity index (χ4v) is 3.40. The van der Waals surface area contributed by atoms with Crippen molar-refractivity contribution in [1.82, 2.24) is 10.2 Å². The summed E-state index contributed by atoms with van der Waals surface area (Å²) < 4.78 is 18.7. The van der Waals surface area contributed by atoms with Crippen molar-refractivity contribution in [3.05, 3.63) is 59.4 Å². The number of hydrogen-bond acceptors (Lipinski definition) is 4. The maximum Gasteiger partial charge on any atom is 0.313 e. The molecule has 0 aromatic heterocycles. The van der Waals surface area contributed by atoms with Crippen LogP contribution < -0.4 is 15.4 Å². The monoisotopic (exact) mass is 447 g/mol. The van der Waals surface area contributed by atoms with Crippen LogP contribution in [-0.4, -0.2) is 48.9 Å². The van der Waals surface area contributed by atoms with Crippen LogP contribution in [0.25, 0.3) is 0 Å². The van der Waals surface area contributed by atoms with Gasteiger partial charge in [0.15, 0.2) is 6.61 Å². The second kappa shape index (κ2) is 10.8. The van der Waals surface area contributed by atoms with E-state index in [9.17, 15) is 18.8 Å². The first kappa shape index (κ1) is 22.6. The number of para-hydroxylation sites is 1. The van der Waals surface area contributed by atoms with Crippen LogP contribution in [0.5, 0.6) is 5.75 Å². The lowest BCUT2D eigenvalue weighted by atomic mass is 9.96. The lowest BCUT2D eigenvalue weighted by Gasteiger charge is -2.32. The SMILES string of the molecule is O=C(NCC1CCN(C(=O)COc2ccccc2)CC1)C(=O)Nc1ccc(F)c(Cl)c1. The smallest absolute Gasteiger partial charge is 0.313 e. The highest BCUT2D eigenvalue weighted by atomic mass is 35.5. The summed E-state index contributed by atoms with van der Waals surface area (Å²) in [6.07, 6.45) is 1.43. The topological polar surface area (TPSA) is 87.7 Å². The molecule has 0 bridgehead atoms. The van der Waals surface area contributed by atoms with Gasteiger partial charge in [0, 0.05) is 25.3 Å². The van der Waals surface area contributed by atoms with Gasteiger partial charge in [-0.3, -0.25) is 14.4 Å². The minimum atomic E-state index is -0.853. The van der Waals surface area contributed by atoms with Gasteiger partial charge in [0.1, 0.15) is 11.6 Å². The Morgan fingerprint density at radius 1 is 1.06 bits per heavy atom. The van der Waals surface area contributed by atoms with Crippen molar-refractivity contribution in [3.8, 4) is 5.75 Å². The molecule has 0 atom stereocenters. The molecular formula is C22H23ClFN3O4. The van der Waals surface area contributed by atoms with Gasteiger partial charge in [0.05, 0.1) is 5.02 Å². The van der Waals surface area contributed by atoms with Gasteiger partial charge in [-0.15, -0.1) is 0 Å². The molecule has 0 aliphatic carbocycles. The molecule has 3 amide bonds. The molecule has 0 unspecified atom stereocenters. The van der Waals surface area contributed by atoms with E-state index in [0.717, 1.165) is 6.07 Å². The molecule has 1 aliphatic heterocycles. The molecule has 1 saturated heterocycles. The van der Waals surface area contributed by atoms with Gasteiger partial charge in [0.25, 0.3) is 5.91 Å². The minimum absolute atomic E-state index is 0.0149. The average Bonchev–Trinajstić information content (AvgIpc) is 2.79. The van der Waals surface area contributed by atoms with Crippen LogP contribution in [0.2, 0.25) is 5.02 Å². The summed E-state index contributed by atoms with van der Waals surface area (Å²) in [6, 6.07) is 12.8. The molecule has 1 aliphatic rings. The zero-order valence-corrected chi connectivity index (χ0v) is 17.5. The molecule has 0 saturated carbocycles. The molecule has 0 spiro atoms. The summed E-state index contributed by atoms with van der Waals surface area (Å²) in [4.78, 5) is 38.0. The van der Waals surface area contributed by atoms with E-state index in [1.807, 2.05) is 18.2 Å². The number of nitrogens with one attached hydrogen (secondary N) is 2.